The van der Waals surface area contributed by atoms with E-state index in [4.69, 9.17) is 20.9 Å². The van der Waals surface area contributed by atoms with Crippen molar-refractivity contribution in [3.8, 4) is 17.0 Å². The quantitative estimate of drug-likeness (QED) is 0.356. The van der Waals surface area contributed by atoms with Crippen LogP contribution in [0.25, 0.3) is 11.3 Å². The van der Waals surface area contributed by atoms with Gasteiger partial charge in [-0.2, -0.15) is 0 Å². The van der Waals surface area contributed by atoms with Crippen LogP contribution in [0.4, 0.5) is 15.8 Å². The van der Waals surface area contributed by atoms with Crippen LogP contribution in [0.15, 0.2) is 71.3 Å². The second-order valence-electron chi connectivity index (χ2n) is 7.27. The number of anilines is 2. The lowest BCUT2D eigenvalue weighted by Crippen LogP contribution is -2.15. The van der Waals surface area contributed by atoms with E-state index < -0.39 is 11.7 Å². The molecule has 0 unspecified atom stereocenters. The molecule has 0 atom stereocenters. The summed E-state index contributed by atoms with van der Waals surface area (Å²) in [6.45, 7) is 1.55. The monoisotopic (exact) mass is 479 g/mol. The number of hydrogen-bond donors (Lipinski definition) is 2. The smallest absolute Gasteiger partial charge is 0.261 e. The molecule has 0 fully saturated rings. The lowest BCUT2D eigenvalue weighted by atomic mass is 10.0. The zero-order valence-electron chi connectivity index (χ0n) is 18.2. The number of ether oxygens (including phenoxy) is 1. The number of amides is 2. The van der Waals surface area contributed by atoms with E-state index in [0.717, 1.165) is 0 Å². The second-order valence-corrected chi connectivity index (χ2v) is 7.68. The zero-order chi connectivity index (χ0) is 24.2. The van der Waals surface area contributed by atoms with Crippen molar-refractivity contribution in [1.29, 1.82) is 0 Å². The molecule has 0 bridgehead atoms. The molecule has 34 heavy (non-hydrogen) atoms. The van der Waals surface area contributed by atoms with Crippen molar-refractivity contribution in [2.75, 3.05) is 17.7 Å². The molecule has 0 aliphatic carbocycles. The van der Waals surface area contributed by atoms with Gasteiger partial charge in [0.15, 0.2) is 0 Å². The number of carbonyl (C=O) groups is 2. The highest BCUT2D eigenvalue weighted by Crippen LogP contribution is 2.33. The summed E-state index contributed by atoms with van der Waals surface area (Å²) in [4.78, 5) is 25.5. The molecule has 0 radical (unpaired) electrons. The number of aryl methyl sites for hydroxylation is 1. The Morgan fingerprint density at radius 1 is 0.941 bits per heavy atom. The van der Waals surface area contributed by atoms with Crippen LogP contribution in [0.5, 0.6) is 5.75 Å². The number of halogens is 2. The summed E-state index contributed by atoms with van der Waals surface area (Å²) in [6, 6.07) is 17.4. The Labute approximate surface area is 199 Å². The van der Waals surface area contributed by atoms with E-state index in [9.17, 15) is 14.0 Å². The summed E-state index contributed by atoms with van der Waals surface area (Å²) < 4.78 is 24.6. The Morgan fingerprint density at radius 3 is 2.18 bits per heavy atom. The molecule has 1 aromatic heterocycles. The van der Waals surface area contributed by atoms with Gasteiger partial charge >= 0.3 is 0 Å². The van der Waals surface area contributed by atoms with Crippen molar-refractivity contribution >= 4 is 34.8 Å². The Balaban J connectivity index is 1.49. The normalized spacial score (nSPS) is 10.6. The van der Waals surface area contributed by atoms with E-state index in [1.807, 2.05) is 0 Å². The fraction of sp³-hybridized carbons (Fsp3) is 0.0800. The van der Waals surface area contributed by atoms with Crippen LogP contribution < -0.4 is 15.4 Å². The fourth-order valence-corrected chi connectivity index (χ4v) is 3.56. The molecule has 0 spiro atoms. The van der Waals surface area contributed by atoms with Gasteiger partial charge in [0.2, 0.25) is 0 Å². The maximum absolute atomic E-state index is 14.4. The first kappa shape index (κ1) is 23.0. The molecule has 172 valence electrons. The third kappa shape index (κ3) is 4.77. The van der Waals surface area contributed by atoms with Gasteiger partial charge in [-0.1, -0.05) is 22.8 Å². The maximum Gasteiger partial charge on any atom is 0.261 e. The van der Waals surface area contributed by atoms with E-state index in [-0.39, 0.29) is 33.5 Å². The first-order valence-corrected chi connectivity index (χ1v) is 10.5. The minimum atomic E-state index is -0.623. The van der Waals surface area contributed by atoms with E-state index in [2.05, 4.69) is 15.8 Å². The minimum absolute atomic E-state index is 0.00795. The number of methoxy groups -OCH3 is 1. The predicted octanol–water partition coefficient (Wildman–Crippen LogP) is 5.96. The van der Waals surface area contributed by atoms with Crippen LogP contribution >= 0.6 is 11.6 Å². The van der Waals surface area contributed by atoms with Gasteiger partial charge in [-0.3, -0.25) is 9.59 Å². The van der Waals surface area contributed by atoms with Crippen molar-refractivity contribution < 1.29 is 23.2 Å². The lowest BCUT2D eigenvalue weighted by molar-refractivity contribution is 0.101. The summed E-state index contributed by atoms with van der Waals surface area (Å²) in [6.07, 6.45) is 0. The van der Waals surface area contributed by atoms with Gasteiger partial charge < -0.3 is 19.9 Å². The maximum atomic E-state index is 14.4. The SMILES string of the molecule is COc1ccc(NC(=O)c2ccc(NC(=O)c3c(-c4c(F)cccc4Cl)noc3C)cc2)cc1. The Morgan fingerprint density at radius 2 is 1.56 bits per heavy atom. The van der Waals surface area contributed by atoms with Gasteiger partial charge in [-0.25, -0.2) is 4.39 Å². The molecule has 3 aromatic carbocycles. The topological polar surface area (TPSA) is 93.5 Å². The van der Waals surface area contributed by atoms with Crippen molar-refractivity contribution in [2.45, 2.75) is 6.92 Å². The highest BCUT2D eigenvalue weighted by atomic mass is 35.5. The first-order chi connectivity index (χ1) is 16.4. The lowest BCUT2D eigenvalue weighted by Gasteiger charge is -2.09. The van der Waals surface area contributed by atoms with E-state index in [1.165, 1.54) is 18.2 Å². The molecule has 4 aromatic rings. The molecular weight excluding hydrogens is 461 g/mol. The van der Waals surface area contributed by atoms with Crippen LogP contribution in [-0.4, -0.2) is 24.1 Å². The number of hydrogen-bond acceptors (Lipinski definition) is 5. The molecule has 7 nitrogen and oxygen atoms in total. The van der Waals surface area contributed by atoms with Crippen LogP contribution in [0, 0.1) is 12.7 Å². The minimum Gasteiger partial charge on any atom is -0.497 e. The molecule has 0 aliphatic heterocycles. The van der Waals surface area contributed by atoms with Crippen molar-refractivity contribution in [2.24, 2.45) is 0 Å². The van der Waals surface area contributed by atoms with Crippen LogP contribution in [0.1, 0.15) is 26.5 Å². The van der Waals surface area contributed by atoms with Gasteiger partial charge in [-0.05, 0) is 67.6 Å². The summed E-state index contributed by atoms with van der Waals surface area (Å²) in [5.74, 6) is -0.594. The Bertz CT molecular complexity index is 1330. The molecular formula is C25H19ClFN3O4. The molecule has 0 saturated carbocycles. The molecule has 4 rings (SSSR count). The third-order valence-corrected chi connectivity index (χ3v) is 5.36. The highest BCUT2D eigenvalue weighted by molar-refractivity contribution is 6.33. The summed E-state index contributed by atoms with van der Waals surface area (Å²) in [5.41, 5.74) is 1.50. The van der Waals surface area contributed by atoms with Crippen molar-refractivity contribution in [1.82, 2.24) is 5.16 Å². The summed E-state index contributed by atoms with van der Waals surface area (Å²) in [5, 5.41) is 9.44. The number of nitrogens with zero attached hydrogens (tertiary/aromatic N) is 1. The van der Waals surface area contributed by atoms with Crippen LogP contribution in [-0.2, 0) is 0 Å². The zero-order valence-corrected chi connectivity index (χ0v) is 18.9. The average molecular weight is 480 g/mol. The largest absolute Gasteiger partial charge is 0.497 e. The second kappa shape index (κ2) is 9.76. The number of aromatic nitrogens is 1. The van der Waals surface area contributed by atoms with Gasteiger partial charge in [0, 0.05) is 16.9 Å². The predicted molar refractivity (Wildman–Crippen MR) is 127 cm³/mol. The molecule has 0 aliphatic rings. The van der Waals surface area contributed by atoms with Gasteiger partial charge in [0.05, 0.1) is 17.7 Å². The Hall–Kier alpha value is -4.17. The first-order valence-electron chi connectivity index (χ1n) is 10.1. The molecule has 2 amide bonds. The molecule has 1 heterocycles. The average Bonchev–Trinajstić information content (AvgIpc) is 3.21. The van der Waals surface area contributed by atoms with E-state index >= 15 is 0 Å². The third-order valence-electron chi connectivity index (χ3n) is 5.04. The number of carbonyl (C=O) groups excluding carboxylic acids is 2. The fourth-order valence-electron chi connectivity index (χ4n) is 3.31. The number of nitrogens with one attached hydrogen (secondary N) is 2. The van der Waals surface area contributed by atoms with E-state index in [0.29, 0.717) is 22.7 Å². The highest BCUT2D eigenvalue weighted by Gasteiger charge is 2.25. The van der Waals surface area contributed by atoms with E-state index in [1.54, 1.807) is 62.6 Å². The summed E-state index contributed by atoms with van der Waals surface area (Å²) in [7, 11) is 1.56. The summed E-state index contributed by atoms with van der Waals surface area (Å²) >= 11 is 6.13. The van der Waals surface area contributed by atoms with Gasteiger partial charge in [0.1, 0.15) is 28.6 Å². The standard InChI is InChI=1S/C25H19ClFN3O4/c1-14-21(23(30-34-14)22-19(26)4-3-5-20(22)27)25(32)29-16-8-6-15(7-9-16)24(31)28-17-10-12-18(33-2)13-11-17/h3-13H,1-2H3,(H,28,31)(H,29,32). The van der Waals surface area contributed by atoms with Gasteiger partial charge in [-0.15, -0.1) is 0 Å². The van der Waals surface area contributed by atoms with Crippen molar-refractivity contribution in [3.05, 3.63) is 94.5 Å². The van der Waals surface area contributed by atoms with Crippen molar-refractivity contribution in [3.63, 3.8) is 0 Å². The molecule has 0 saturated heterocycles. The Kier molecular flexibility index (Phi) is 6.60. The van der Waals surface area contributed by atoms with Crippen LogP contribution in [0.2, 0.25) is 5.02 Å². The molecule has 9 heteroatoms. The number of benzene rings is 3. The molecule has 2 N–H and O–H groups in total. The van der Waals surface area contributed by atoms with Gasteiger partial charge in [0.25, 0.3) is 11.8 Å². The van der Waals surface area contributed by atoms with Crippen LogP contribution in [0.3, 0.4) is 0 Å². The number of rotatable bonds is 6.